The van der Waals surface area contributed by atoms with Crippen LogP contribution < -0.4 is 22.9 Å². The number of rotatable bonds is 3. The maximum absolute atomic E-state index is 10.8. The lowest BCUT2D eigenvalue weighted by atomic mass is 10.2. The van der Waals surface area contributed by atoms with Crippen molar-refractivity contribution in [2.75, 3.05) is 0 Å². The zero-order valence-corrected chi connectivity index (χ0v) is 14.5. The molecule has 0 aromatic heterocycles. The second-order valence-corrected chi connectivity index (χ2v) is 5.62. The summed E-state index contributed by atoms with van der Waals surface area (Å²) in [6.45, 7) is 15.1. The van der Waals surface area contributed by atoms with Gasteiger partial charge in [0, 0.05) is 17.9 Å². The van der Waals surface area contributed by atoms with Gasteiger partial charge in [0.25, 0.3) is 0 Å². The van der Waals surface area contributed by atoms with Crippen molar-refractivity contribution in [2.24, 2.45) is 23.3 Å². The lowest BCUT2D eigenvalue weighted by molar-refractivity contribution is -0.124. The van der Waals surface area contributed by atoms with Crippen LogP contribution in [0, 0.1) is 11.8 Å². The summed E-state index contributed by atoms with van der Waals surface area (Å²) in [4.78, 5) is 20.8. The second-order valence-electron chi connectivity index (χ2n) is 5.62. The van der Waals surface area contributed by atoms with E-state index in [2.05, 4.69) is 5.32 Å². The van der Waals surface area contributed by atoms with E-state index >= 15 is 0 Å². The van der Waals surface area contributed by atoms with Crippen molar-refractivity contribution < 1.29 is 9.59 Å². The van der Waals surface area contributed by atoms with Gasteiger partial charge in [-0.15, -0.1) is 0 Å². The van der Waals surface area contributed by atoms with Gasteiger partial charge in [0.05, 0.1) is 0 Å². The van der Waals surface area contributed by atoms with Gasteiger partial charge in [0.1, 0.15) is 0 Å². The lowest BCUT2D eigenvalue weighted by Gasteiger charge is -2.09. The Morgan fingerprint density at radius 2 is 1.10 bits per heavy atom. The summed E-state index contributed by atoms with van der Waals surface area (Å²) >= 11 is 0. The molecule has 0 unspecified atom stereocenters. The molecule has 0 fully saturated rings. The highest BCUT2D eigenvalue weighted by Crippen LogP contribution is 1.91. The molecule has 0 saturated carbocycles. The molecule has 6 nitrogen and oxygen atoms in total. The number of primary amides is 1. The first-order chi connectivity index (χ1) is 8.41. The number of hydrogen-bond acceptors (Lipinski definition) is 4. The molecule has 0 rings (SSSR count). The van der Waals surface area contributed by atoms with Crippen LogP contribution in [0.5, 0.6) is 0 Å². The number of amides is 2. The Morgan fingerprint density at radius 3 is 1.15 bits per heavy atom. The van der Waals surface area contributed by atoms with Gasteiger partial charge in [-0.3, -0.25) is 9.59 Å². The van der Waals surface area contributed by atoms with Crippen molar-refractivity contribution in [1.29, 1.82) is 0 Å². The van der Waals surface area contributed by atoms with Crippen molar-refractivity contribution in [3.8, 4) is 0 Å². The minimum Gasteiger partial charge on any atom is -0.369 e. The molecule has 8 N–H and O–H groups in total. The number of nitrogens with two attached hydrogens (primary N) is 2. The summed E-state index contributed by atoms with van der Waals surface area (Å²) in [6, 6.07) is 0.597. The topological polar surface area (TPSA) is 133 Å². The third-order valence-electron chi connectivity index (χ3n) is 1.52. The van der Waals surface area contributed by atoms with Crippen LogP contribution in [-0.2, 0) is 9.59 Å². The maximum Gasteiger partial charge on any atom is 0.222 e. The highest BCUT2D eigenvalue weighted by molar-refractivity contribution is 5.78. The number of carbonyl (C=O) groups excluding carboxylic acids is 2. The average Bonchev–Trinajstić information content (AvgIpc) is 2.15. The number of nitrogens with one attached hydrogen (secondary N) is 1. The third-order valence-corrected chi connectivity index (χ3v) is 1.52. The van der Waals surface area contributed by atoms with E-state index in [0.717, 1.165) is 0 Å². The Kier molecular flexibility index (Phi) is 21.7. The van der Waals surface area contributed by atoms with Crippen molar-refractivity contribution in [1.82, 2.24) is 11.5 Å². The van der Waals surface area contributed by atoms with Gasteiger partial charge >= 0.3 is 0 Å². The fourth-order valence-corrected chi connectivity index (χ4v) is 0.451. The van der Waals surface area contributed by atoms with E-state index in [4.69, 9.17) is 11.5 Å². The molecule has 2 amide bonds. The highest BCUT2D eigenvalue weighted by Gasteiger charge is 2.06. The summed E-state index contributed by atoms with van der Waals surface area (Å²) in [5, 5.41) is 2.80. The Labute approximate surface area is 124 Å². The first kappa shape index (κ1) is 27.2. The van der Waals surface area contributed by atoms with E-state index in [1.807, 2.05) is 41.5 Å². The number of hydrogen-bond donors (Lipinski definition) is 4. The summed E-state index contributed by atoms with van der Waals surface area (Å²) in [5.74, 6) is -0.0163. The minimum atomic E-state index is -0.241. The fraction of sp³-hybridized carbons (Fsp3) is 0.857. The Balaban J connectivity index is -0.000000102. The van der Waals surface area contributed by atoms with Gasteiger partial charge < -0.3 is 22.9 Å². The van der Waals surface area contributed by atoms with Crippen LogP contribution in [0.1, 0.15) is 55.4 Å². The molecule has 0 spiro atoms. The van der Waals surface area contributed by atoms with Crippen molar-refractivity contribution in [3.63, 3.8) is 0 Å². The smallest absolute Gasteiger partial charge is 0.222 e. The highest BCUT2D eigenvalue weighted by atomic mass is 16.2. The average molecular weight is 292 g/mol. The van der Waals surface area contributed by atoms with Crippen LogP contribution in [-0.4, -0.2) is 23.9 Å². The third kappa shape index (κ3) is 36.0. The maximum atomic E-state index is 10.8. The predicted molar refractivity (Wildman–Crippen MR) is 86.5 cm³/mol. The molecule has 0 aromatic rings. The van der Waals surface area contributed by atoms with Gasteiger partial charge in [0.2, 0.25) is 11.8 Å². The molecule has 0 radical (unpaired) electrons. The van der Waals surface area contributed by atoms with Crippen LogP contribution in [0.2, 0.25) is 0 Å². The van der Waals surface area contributed by atoms with E-state index in [-0.39, 0.29) is 35.8 Å². The molecule has 0 aliphatic heterocycles. The fourth-order valence-electron chi connectivity index (χ4n) is 0.451. The normalized spacial score (nSPS) is 9.25. The van der Waals surface area contributed by atoms with Gasteiger partial charge in [-0.25, -0.2) is 0 Å². The molecule has 0 aliphatic carbocycles. The van der Waals surface area contributed by atoms with Crippen LogP contribution in [0.4, 0.5) is 0 Å². The summed E-state index contributed by atoms with van der Waals surface area (Å²) in [7, 11) is 0. The van der Waals surface area contributed by atoms with Gasteiger partial charge in [0.15, 0.2) is 0 Å². The SMILES string of the molecule is CC(C)C(N)=O.CC(C)N.CC(C)NC(=O)C(C)C.N. The van der Waals surface area contributed by atoms with Crippen LogP contribution in [0.3, 0.4) is 0 Å². The van der Waals surface area contributed by atoms with E-state index < -0.39 is 0 Å². The van der Waals surface area contributed by atoms with E-state index in [0.29, 0.717) is 6.04 Å². The van der Waals surface area contributed by atoms with Crippen molar-refractivity contribution in [2.45, 2.75) is 67.5 Å². The number of carbonyl (C=O) groups is 2. The van der Waals surface area contributed by atoms with Gasteiger partial charge in [-0.1, -0.05) is 41.5 Å². The molecule has 0 heterocycles. The molecular weight excluding hydrogens is 256 g/mol. The molecule has 124 valence electrons. The monoisotopic (exact) mass is 292 g/mol. The molecule has 0 bridgehead atoms. The second kappa shape index (κ2) is 15.9. The first-order valence-electron chi connectivity index (χ1n) is 6.77. The molecule has 0 aromatic carbocycles. The largest absolute Gasteiger partial charge is 0.369 e. The van der Waals surface area contributed by atoms with Crippen molar-refractivity contribution in [3.05, 3.63) is 0 Å². The van der Waals surface area contributed by atoms with E-state index in [1.54, 1.807) is 13.8 Å². The van der Waals surface area contributed by atoms with Crippen molar-refractivity contribution >= 4 is 11.8 Å². The minimum absolute atomic E-state index is 0. The quantitative estimate of drug-likeness (QED) is 0.631. The summed E-state index contributed by atoms with van der Waals surface area (Å²) < 4.78 is 0. The molecule has 6 heteroatoms. The Hall–Kier alpha value is -1.14. The molecular formula is C14H36N4O2. The van der Waals surface area contributed by atoms with E-state index in [1.165, 1.54) is 0 Å². The summed E-state index contributed by atoms with van der Waals surface area (Å²) in [6.07, 6.45) is 0. The van der Waals surface area contributed by atoms with Crippen LogP contribution in [0.15, 0.2) is 0 Å². The van der Waals surface area contributed by atoms with E-state index in [9.17, 15) is 9.59 Å². The summed E-state index contributed by atoms with van der Waals surface area (Å²) in [5.41, 5.74) is 9.91. The molecule has 20 heavy (non-hydrogen) atoms. The van der Waals surface area contributed by atoms with Crippen LogP contribution >= 0.6 is 0 Å². The molecule has 0 atom stereocenters. The molecule has 0 aliphatic rings. The van der Waals surface area contributed by atoms with Gasteiger partial charge in [-0.2, -0.15) is 0 Å². The zero-order chi connectivity index (χ0) is 16.2. The molecule has 0 saturated heterocycles. The van der Waals surface area contributed by atoms with Gasteiger partial charge in [-0.05, 0) is 19.9 Å². The standard InChI is InChI=1S/C7H15NO.C4H9NO.C3H9N.H3N/c1-5(2)7(9)8-6(3)4;1-3(2)4(5)6;1-3(2)4;/h5-6H,1-4H3,(H,8,9);3H,1-2H3,(H2,5,6);3H,4H2,1-2H3;1H3. The Bertz CT molecular complexity index is 237. The predicted octanol–water partition coefficient (Wildman–Crippen LogP) is 1.81. The Morgan fingerprint density at radius 1 is 0.850 bits per heavy atom. The zero-order valence-electron chi connectivity index (χ0n) is 14.5. The lowest BCUT2D eigenvalue weighted by Crippen LogP contribution is -2.33. The van der Waals surface area contributed by atoms with Crippen LogP contribution in [0.25, 0.3) is 0 Å². The first-order valence-corrected chi connectivity index (χ1v) is 6.77.